The highest BCUT2D eigenvalue weighted by atomic mass is 35.5. The van der Waals surface area contributed by atoms with E-state index in [2.05, 4.69) is 50.6 Å². The molecule has 6 heterocycles. The van der Waals surface area contributed by atoms with Gasteiger partial charge in [0.15, 0.2) is 17.3 Å². The van der Waals surface area contributed by atoms with Crippen molar-refractivity contribution in [1.29, 1.82) is 0 Å². The summed E-state index contributed by atoms with van der Waals surface area (Å²) in [4.78, 5) is 115. The molecule has 0 aliphatic carbocycles. The summed E-state index contributed by atoms with van der Waals surface area (Å²) < 4.78 is 51.7. The zero-order chi connectivity index (χ0) is 93.6. The Morgan fingerprint density at radius 2 is 0.687 bits per heavy atom. The van der Waals surface area contributed by atoms with Gasteiger partial charge in [-0.05, 0) is 106 Å². The Hall–Kier alpha value is -14.0. The van der Waals surface area contributed by atoms with Crippen molar-refractivity contribution in [3.8, 4) is 40.2 Å². The summed E-state index contributed by atoms with van der Waals surface area (Å²) in [5, 5.41) is 10.8. The van der Waals surface area contributed by atoms with Crippen LogP contribution in [0.1, 0.15) is 50.1 Å². The highest BCUT2D eigenvalue weighted by Gasteiger charge is 2.41. The van der Waals surface area contributed by atoms with Crippen LogP contribution in [0.2, 0.25) is 35.2 Å². The Balaban J connectivity index is 0.000000167. The zero-order valence-corrected chi connectivity index (χ0v) is 76.5. The number of hydrogen-bond donors (Lipinski definition) is 4. The van der Waals surface area contributed by atoms with Gasteiger partial charge in [-0.3, -0.25) is 43.8 Å². The first-order valence-corrected chi connectivity index (χ1v) is 42.4. The fraction of sp³-hybridized carbons (Fsp3) is 0.170. The number of methoxy groups -OCH3 is 7. The topological polar surface area (TPSA) is 326 Å². The first-order valence-electron chi connectivity index (χ1n) is 39.7. The molecule has 131 heavy (non-hydrogen) atoms. The number of carbonyl (C=O) groups is 6. The van der Waals surface area contributed by atoms with Crippen molar-refractivity contribution in [3.05, 3.63) is 305 Å². The number of fused-ring (bicyclic) bond motifs is 3. The lowest BCUT2D eigenvalue weighted by atomic mass is 10.1. The number of nitrogens with zero attached hydrogens (tertiary/aromatic N) is 12. The first-order chi connectivity index (χ1) is 63.1. The molecule has 0 unspecified atom stereocenters. The molecule has 29 nitrogen and oxygen atoms in total. The summed E-state index contributed by atoms with van der Waals surface area (Å²) in [6, 6.07) is 43.5. The van der Waals surface area contributed by atoms with Crippen LogP contribution in [0, 0.1) is 5.82 Å². The Bertz CT molecular complexity index is 6380. The van der Waals surface area contributed by atoms with Gasteiger partial charge in [0.05, 0.1) is 111 Å². The number of allylic oxidation sites excluding steroid dienone is 3. The van der Waals surface area contributed by atoms with Crippen molar-refractivity contribution in [2.75, 3.05) is 101 Å². The molecule has 0 spiro atoms. The molecule has 0 saturated heterocycles. The molecular formula is C94H82Cl7FN16O13. The van der Waals surface area contributed by atoms with Crippen molar-refractivity contribution in [2.24, 2.45) is 0 Å². The van der Waals surface area contributed by atoms with Gasteiger partial charge in [0, 0.05) is 95.5 Å². The number of amides is 6. The molecule has 9 aromatic carbocycles. The lowest BCUT2D eigenvalue weighted by molar-refractivity contribution is -0.114. The van der Waals surface area contributed by atoms with Crippen LogP contribution in [0.4, 0.5) is 93.9 Å². The number of halogens is 8. The fourth-order valence-corrected chi connectivity index (χ4v) is 16.6. The van der Waals surface area contributed by atoms with E-state index in [0.717, 1.165) is 27.8 Å². The predicted octanol–water partition coefficient (Wildman–Crippen LogP) is 21.3. The minimum absolute atomic E-state index is 0.0363. The van der Waals surface area contributed by atoms with E-state index in [1.165, 1.54) is 116 Å². The van der Waals surface area contributed by atoms with Crippen LogP contribution < -0.4 is 84.2 Å². The van der Waals surface area contributed by atoms with Gasteiger partial charge >= 0.3 is 18.1 Å². The third-order valence-corrected chi connectivity index (χ3v) is 23.3. The fourth-order valence-electron chi connectivity index (χ4n) is 14.3. The van der Waals surface area contributed by atoms with Gasteiger partial charge < -0.3 is 54.8 Å². The molecule has 3 aliphatic heterocycles. The van der Waals surface area contributed by atoms with Gasteiger partial charge in [-0.2, -0.15) is 15.0 Å². The molecule has 5 N–H and O–H groups in total. The van der Waals surface area contributed by atoms with Crippen molar-refractivity contribution >= 4 is 192 Å². The number of nitrogens with one attached hydrogen (secondary N) is 3. The van der Waals surface area contributed by atoms with E-state index < -0.39 is 23.9 Å². The summed E-state index contributed by atoms with van der Waals surface area (Å²) in [5.74, 6) is 3.14. The average molecular weight is 1910 g/mol. The zero-order valence-electron chi connectivity index (χ0n) is 71.2. The van der Waals surface area contributed by atoms with Crippen LogP contribution >= 0.6 is 81.2 Å². The second-order valence-corrected chi connectivity index (χ2v) is 31.7. The van der Waals surface area contributed by atoms with Gasteiger partial charge in [-0.25, -0.2) is 33.7 Å². The second kappa shape index (κ2) is 42.5. The summed E-state index contributed by atoms with van der Waals surface area (Å²) in [6.07, 6.45) is 9.15. The van der Waals surface area contributed by atoms with Crippen LogP contribution in [-0.4, -0.2) is 115 Å². The molecule has 3 aromatic heterocycles. The van der Waals surface area contributed by atoms with E-state index in [0.29, 0.717) is 84.7 Å². The number of nitrogen functional groups attached to an aromatic ring is 1. The van der Waals surface area contributed by atoms with Crippen molar-refractivity contribution in [1.82, 2.24) is 29.9 Å². The highest BCUT2D eigenvalue weighted by Crippen LogP contribution is 2.52. The molecule has 0 atom stereocenters. The number of carbonyl (C=O) groups excluding carboxylic acids is 6. The van der Waals surface area contributed by atoms with Crippen LogP contribution in [0.5, 0.6) is 40.2 Å². The Morgan fingerprint density at radius 3 is 0.992 bits per heavy atom. The van der Waals surface area contributed by atoms with Gasteiger partial charge in [-0.1, -0.05) is 186 Å². The van der Waals surface area contributed by atoms with Crippen LogP contribution in [-0.2, 0) is 72.9 Å². The SMILES string of the molecule is C=CC(=O)Cc1ccccc1Nc1ncc2c(n1)N(Cc1ccc(Cl)c(OC)c1)C(=O)N(c1c(Cl)c(OC)cc(OC)c1Cl)C2.C=CC(=O)Cc1ccccc1Nc1ncc2c(n1)N(Cc1ccc(F)cc1)C(=O)N(c1c(Cl)c(OC)cc(OC)c1Cl)C2.C=CC(=O)Cc1ccccc1Nc1ncc2c(n1)N(Cc1cccc(N)c1)C(=O)N(c1c(Cl)c(OC)cc(OC)c1Cl)C2. The third kappa shape index (κ3) is 21.2. The molecule has 672 valence electrons. The van der Waals surface area contributed by atoms with Gasteiger partial charge in [0.25, 0.3) is 0 Å². The Kier molecular flexibility index (Phi) is 30.7. The number of urea groups is 3. The van der Waals surface area contributed by atoms with Crippen molar-refractivity contribution in [2.45, 2.75) is 58.5 Å². The molecule has 6 amide bonds. The number of nitrogens with two attached hydrogens (primary N) is 1. The molecule has 3 aliphatic rings. The maximum atomic E-state index is 14.4. The van der Waals surface area contributed by atoms with E-state index in [1.807, 2.05) is 78.9 Å². The Labute approximate surface area is 787 Å². The summed E-state index contributed by atoms with van der Waals surface area (Å²) in [5.41, 5.74) is 15.4. The summed E-state index contributed by atoms with van der Waals surface area (Å²) in [6.45, 7) is 11.1. The smallest absolute Gasteiger partial charge is 0.330 e. The number of rotatable bonds is 31. The lowest BCUT2D eigenvalue weighted by Crippen LogP contribution is -2.48. The largest absolute Gasteiger partial charge is 0.495 e. The predicted molar refractivity (Wildman–Crippen MR) is 509 cm³/mol. The van der Waals surface area contributed by atoms with Crippen LogP contribution in [0.25, 0.3) is 0 Å². The molecule has 37 heteroatoms. The van der Waals surface area contributed by atoms with Gasteiger partial charge in [0.2, 0.25) is 17.8 Å². The van der Waals surface area contributed by atoms with Gasteiger partial charge in [0.1, 0.15) is 93.7 Å². The molecule has 0 radical (unpaired) electrons. The molecular weight excluding hydrogens is 1830 g/mol. The number of benzene rings is 9. The summed E-state index contributed by atoms with van der Waals surface area (Å²) >= 11 is 46.5. The number of ether oxygens (including phenoxy) is 7. The number of aromatic nitrogens is 6. The van der Waals surface area contributed by atoms with Gasteiger partial charge in [-0.15, -0.1) is 0 Å². The van der Waals surface area contributed by atoms with E-state index >= 15 is 0 Å². The Morgan fingerprint density at radius 1 is 0.389 bits per heavy atom. The number of hydrogen-bond acceptors (Lipinski definition) is 23. The minimum atomic E-state index is -0.488. The normalized spacial score (nSPS) is 12.5. The second-order valence-electron chi connectivity index (χ2n) is 29.0. The molecule has 0 saturated carbocycles. The number of anilines is 13. The van der Waals surface area contributed by atoms with E-state index in [1.54, 1.807) is 79.3 Å². The highest BCUT2D eigenvalue weighted by molar-refractivity contribution is 6.44. The third-order valence-electron chi connectivity index (χ3n) is 20.8. The molecule has 12 aromatic rings. The summed E-state index contributed by atoms with van der Waals surface area (Å²) in [7, 11) is 10.2. The molecule has 0 bridgehead atoms. The average Bonchev–Trinajstić information content (AvgIpc) is 0.756. The standard InChI is InChI=1S/C32H28Cl3N5O5.C31H26Cl2FN5O4.C31H28Cl2N6O4/c1-5-21(41)13-19-8-6-7-9-23(19)37-31-36-15-20-17-39(29-27(34)25(44-3)14-26(45-4)28(29)35)32(42)40(30(20)38-31)16-18-10-11-22(33)24(12-18)43-2;1-4-22(40)13-19-7-5-6-8-23(19)36-30-35-15-20-17-38(28-26(32)24(42-2)14-25(43-3)27(28)33)31(41)39(29(20)37-30)16-18-9-11-21(34)12-10-18;1-4-22(40)13-19-9-5-6-11-23(19)36-30-35-15-20-17-38(28-26(32)24(42-2)14-25(43-3)27(28)33)31(41)39(29(20)37-30)16-18-8-7-10-21(34)12-18/h5-12,14-15H,1,13,16-17H2,2-4H3,(H,36,37,38);4-12,14-15H,1,13,16-17H2,2-3H3,(H,35,36,37);4-12,14-15H,1,13,16-17,34H2,2-3H3,(H,35,36,37). The first kappa shape index (κ1) is 94.6. The van der Waals surface area contributed by atoms with Crippen molar-refractivity contribution < 1.29 is 66.3 Å². The number of para-hydroxylation sites is 3. The van der Waals surface area contributed by atoms with Crippen LogP contribution in [0.3, 0.4) is 0 Å². The maximum Gasteiger partial charge on any atom is 0.330 e. The van der Waals surface area contributed by atoms with E-state index in [9.17, 15) is 33.2 Å². The van der Waals surface area contributed by atoms with Crippen LogP contribution in [0.15, 0.2) is 214 Å². The monoisotopic (exact) mass is 1910 g/mol. The van der Waals surface area contributed by atoms with E-state index in [4.69, 9.17) is 135 Å². The lowest BCUT2D eigenvalue weighted by Gasteiger charge is -2.37. The van der Waals surface area contributed by atoms with E-state index in [-0.39, 0.29) is 164 Å². The minimum Gasteiger partial charge on any atom is -0.495 e. The number of ketones is 3. The maximum absolute atomic E-state index is 14.4. The molecule has 15 rings (SSSR count). The van der Waals surface area contributed by atoms with Crippen molar-refractivity contribution in [3.63, 3.8) is 0 Å². The quantitative estimate of drug-likeness (QED) is 0.0232. The molecule has 0 fully saturated rings.